The molecule has 0 saturated carbocycles. The molecule has 0 amide bonds. The Bertz CT molecular complexity index is 574. The van der Waals surface area contributed by atoms with Crippen LogP contribution in [0.2, 0.25) is 0 Å². The van der Waals surface area contributed by atoms with Gasteiger partial charge >= 0.3 is 5.69 Å². The number of H-pyrrole nitrogens is 1. The van der Waals surface area contributed by atoms with Gasteiger partial charge in [0.25, 0.3) is 0 Å². The number of nitrogens with one attached hydrogen (secondary N) is 1. The van der Waals surface area contributed by atoms with Gasteiger partial charge in [-0.05, 0) is 36.4 Å². The fourth-order valence-corrected chi connectivity index (χ4v) is 2.09. The molecule has 0 aliphatic carbocycles. The normalized spacial score (nSPS) is 12.6. The van der Waals surface area contributed by atoms with Gasteiger partial charge in [-0.2, -0.15) is 0 Å². The average Bonchev–Trinajstić information content (AvgIpc) is 2.61. The van der Waals surface area contributed by atoms with Crippen LogP contribution >= 0.6 is 11.8 Å². The van der Waals surface area contributed by atoms with Gasteiger partial charge in [0.1, 0.15) is 5.03 Å². The molecule has 0 radical (unpaired) electrons. The molecule has 2 rings (SSSR count). The van der Waals surface area contributed by atoms with Gasteiger partial charge in [0, 0.05) is 19.3 Å². The van der Waals surface area contributed by atoms with Crippen molar-refractivity contribution in [1.29, 1.82) is 0 Å². The molecule has 7 heteroatoms. The molecule has 0 bridgehead atoms. The van der Waals surface area contributed by atoms with Gasteiger partial charge in [0.05, 0.1) is 0 Å². The van der Waals surface area contributed by atoms with Crippen molar-refractivity contribution < 1.29 is 0 Å². The Morgan fingerprint density at radius 1 is 1.59 bits per heavy atom. The molecule has 2 aromatic rings. The zero-order valence-corrected chi connectivity index (χ0v) is 10.4. The molecule has 90 valence electrons. The van der Waals surface area contributed by atoms with Crippen LogP contribution in [0.4, 0.5) is 0 Å². The van der Waals surface area contributed by atoms with Gasteiger partial charge in [0.15, 0.2) is 5.16 Å². The average molecular weight is 251 g/mol. The summed E-state index contributed by atoms with van der Waals surface area (Å²) in [6, 6.07) is 3.73. The molecule has 0 aromatic carbocycles. The summed E-state index contributed by atoms with van der Waals surface area (Å²) >= 11 is 1.32. The summed E-state index contributed by atoms with van der Waals surface area (Å²) in [6.45, 7) is 1.91. The highest BCUT2D eigenvalue weighted by atomic mass is 32.2. The van der Waals surface area contributed by atoms with Crippen molar-refractivity contribution in [3.8, 4) is 0 Å². The Kier molecular flexibility index (Phi) is 3.30. The third-order valence-corrected chi connectivity index (χ3v) is 3.30. The Morgan fingerprint density at radius 2 is 2.35 bits per heavy atom. The maximum absolute atomic E-state index is 11.2. The molecule has 2 heterocycles. The lowest BCUT2D eigenvalue weighted by molar-refractivity contribution is 0.763. The summed E-state index contributed by atoms with van der Waals surface area (Å²) in [5.74, 6) is 0. The number of hydrogen-bond donors (Lipinski definition) is 2. The molecule has 0 spiro atoms. The second kappa shape index (κ2) is 4.72. The number of hydrogen-bond acceptors (Lipinski definition) is 5. The van der Waals surface area contributed by atoms with E-state index in [1.807, 2.05) is 19.1 Å². The molecule has 17 heavy (non-hydrogen) atoms. The molecule has 3 N–H and O–H groups in total. The first-order chi connectivity index (χ1) is 8.08. The first-order valence-electron chi connectivity index (χ1n) is 5.08. The predicted molar refractivity (Wildman–Crippen MR) is 64.8 cm³/mol. The van der Waals surface area contributed by atoms with Crippen molar-refractivity contribution in [1.82, 2.24) is 19.7 Å². The van der Waals surface area contributed by atoms with Crippen LogP contribution < -0.4 is 11.4 Å². The Labute approximate surface area is 102 Å². The SMILES string of the molecule is C[C@H](N)c1ccnc(Sc2n[nH]c(=O)n2C)c1. The van der Waals surface area contributed by atoms with Crippen LogP contribution in [0.3, 0.4) is 0 Å². The van der Waals surface area contributed by atoms with Gasteiger partial charge in [-0.15, -0.1) is 5.10 Å². The van der Waals surface area contributed by atoms with Crippen molar-refractivity contribution in [2.45, 2.75) is 23.1 Å². The summed E-state index contributed by atoms with van der Waals surface area (Å²) in [6.07, 6.45) is 1.70. The largest absolute Gasteiger partial charge is 0.343 e. The Morgan fingerprint density at radius 3 is 2.94 bits per heavy atom. The van der Waals surface area contributed by atoms with Gasteiger partial charge in [0.2, 0.25) is 0 Å². The Hall–Kier alpha value is -1.60. The van der Waals surface area contributed by atoms with Crippen molar-refractivity contribution in [2.24, 2.45) is 12.8 Å². The first-order valence-corrected chi connectivity index (χ1v) is 5.90. The van der Waals surface area contributed by atoms with E-state index in [2.05, 4.69) is 15.2 Å². The van der Waals surface area contributed by atoms with Gasteiger partial charge in [-0.1, -0.05) is 0 Å². The number of rotatable bonds is 3. The number of nitrogens with zero attached hydrogens (tertiary/aromatic N) is 3. The first kappa shape index (κ1) is 11.9. The van der Waals surface area contributed by atoms with E-state index in [-0.39, 0.29) is 11.7 Å². The van der Waals surface area contributed by atoms with Crippen LogP contribution in [0.1, 0.15) is 18.5 Å². The monoisotopic (exact) mass is 251 g/mol. The van der Waals surface area contributed by atoms with Crippen LogP contribution in [-0.2, 0) is 7.05 Å². The minimum Gasteiger partial charge on any atom is -0.324 e. The quantitative estimate of drug-likeness (QED) is 0.837. The van der Waals surface area contributed by atoms with Crippen LogP contribution in [0.25, 0.3) is 0 Å². The number of pyridine rings is 1. The second-order valence-electron chi connectivity index (χ2n) is 3.69. The predicted octanol–water partition coefficient (Wildman–Crippen LogP) is 0.674. The lowest BCUT2D eigenvalue weighted by Crippen LogP contribution is -2.12. The molecule has 1 atom stereocenters. The third kappa shape index (κ3) is 2.56. The topological polar surface area (TPSA) is 89.6 Å². The fraction of sp³-hybridized carbons (Fsp3) is 0.300. The van der Waals surface area contributed by atoms with Gasteiger partial charge < -0.3 is 5.73 Å². The molecule has 6 nitrogen and oxygen atoms in total. The van der Waals surface area contributed by atoms with Crippen LogP contribution in [0.5, 0.6) is 0 Å². The molecular formula is C10H13N5OS. The lowest BCUT2D eigenvalue weighted by atomic mass is 10.1. The van der Waals surface area contributed by atoms with Crippen molar-refractivity contribution in [3.63, 3.8) is 0 Å². The van der Waals surface area contributed by atoms with E-state index in [1.54, 1.807) is 13.2 Å². The summed E-state index contributed by atoms with van der Waals surface area (Å²) < 4.78 is 1.44. The Balaban J connectivity index is 2.27. The third-order valence-electron chi connectivity index (χ3n) is 2.32. The van der Waals surface area contributed by atoms with E-state index in [0.717, 1.165) is 10.6 Å². The molecule has 0 fully saturated rings. The zero-order chi connectivity index (χ0) is 12.4. The summed E-state index contributed by atoms with van der Waals surface area (Å²) in [7, 11) is 1.66. The maximum Gasteiger partial charge on any atom is 0.343 e. The smallest absolute Gasteiger partial charge is 0.324 e. The standard InChI is InChI=1S/C10H13N5OS/c1-6(11)7-3-4-12-8(5-7)17-10-14-13-9(16)15(10)2/h3-6H,11H2,1-2H3,(H,13,16)/t6-/m0/s1. The summed E-state index contributed by atoms with van der Waals surface area (Å²) in [5, 5.41) is 7.62. The van der Waals surface area contributed by atoms with E-state index in [4.69, 9.17) is 5.73 Å². The minimum absolute atomic E-state index is 0.0413. The highest BCUT2D eigenvalue weighted by Crippen LogP contribution is 2.24. The molecule has 0 unspecified atom stereocenters. The van der Waals surface area contributed by atoms with E-state index in [1.165, 1.54) is 16.3 Å². The van der Waals surface area contributed by atoms with Gasteiger partial charge in [-0.3, -0.25) is 4.57 Å². The van der Waals surface area contributed by atoms with Crippen molar-refractivity contribution >= 4 is 11.8 Å². The maximum atomic E-state index is 11.2. The van der Waals surface area contributed by atoms with Crippen LogP contribution in [0, 0.1) is 0 Å². The highest BCUT2D eigenvalue weighted by Gasteiger charge is 2.08. The fourth-order valence-electron chi connectivity index (χ4n) is 1.28. The van der Waals surface area contributed by atoms with E-state index < -0.39 is 0 Å². The van der Waals surface area contributed by atoms with Gasteiger partial charge in [-0.25, -0.2) is 14.9 Å². The number of aromatic nitrogens is 4. The zero-order valence-electron chi connectivity index (χ0n) is 9.54. The number of aromatic amines is 1. The summed E-state index contributed by atoms with van der Waals surface area (Å²) in [5.41, 5.74) is 6.56. The molecule has 0 aliphatic rings. The van der Waals surface area contributed by atoms with E-state index >= 15 is 0 Å². The van der Waals surface area contributed by atoms with Crippen molar-refractivity contribution in [2.75, 3.05) is 0 Å². The van der Waals surface area contributed by atoms with Crippen molar-refractivity contribution in [3.05, 3.63) is 34.4 Å². The van der Waals surface area contributed by atoms with E-state index in [0.29, 0.717) is 5.16 Å². The molecular weight excluding hydrogens is 238 g/mol. The van der Waals surface area contributed by atoms with E-state index in [9.17, 15) is 4.79 Å². The van der Waals surface area contributed by atoms with Crippen LogP contribution in [0.15, 0.2) is 33.3 Å². The number of nitrogens with two attached hydrogens (primary N) is 1. The molecule has 2 aromatic heterocycles. The molecule has 0 saturated heterocycles. The lowest BCUT2D eigenvalue weighted by Gasteiger charge is -2.06. The minimum atomic E-state index is -0.240. The summed E-state index contributed by atoms with van der Waals surface area (Å²) in [4.78, 5) is 15.4. The highest BCUT2D eigenvalue weighted by molar-refractivity contribution is 7.99. The van der Waals surface area contributed by atoms with Crippen LogP contribution in [-0.4, -0.2) is 19.7 Å². The molecule has 0 aliphatic heterocycles. The second-order valence-corrected chi connectivity index (χ2v) is 4.68.